The van der Waals surface area contributed by atoms with E-state index in [1.165, 1.54) is 36.4 Å². The molecule has 3 rings (SSSR count). The van der Waals surface area contributed by atoms with Gasteiger partial charge in [0.2, 0.25) is 0 Å². The fraction of sp³-hybridized carbons (Fsp3) is 0.0952. The first kappa shape index (κ1) is 20.8. The monoisotopic (exact) mass is 432 g/mol. The third kappa shape index (κ3) is 4.93. The molecule has 1 amide bonds. The molecule has 29 heavy (non-hydrogen) atoms. The second-order valence-corrected chi connectivity index (χ2v) is 8.42. The van der Waals surface area contributed by atoms with E-state index in [1.807, 2.05) is 0 Å². The number of hydrogen-bond donors (Lipinski definition) is 2. The van der Waals surface area contributed by atoms with E-state index in [0.717, 1.165) is 0 Å². The van der Waals surface area contributed by atoms with Crippen LogP contribution in [0.4, 0.5) is 10.1 Å². The highest BCUT2D eigenvalue weighted by molar-refractivity contribution is 7.92. The lowest BCUT2D eigenvalue weighted by molar-refractivity contribution is 0.0939. The smallest absolute Gasteiger partial charge is 0.261 e. The predicted octanol–water partition coefficient (Wildman–Crippen LogP) is 4.77. The van der Waals surface area contributed by atoms with E-state index in [1.54, 1.807) is 43.3 Å². The SMILES string of the molecule is CC(NC(=O)c1cccc(S(=O)(=O)Nc2ccccc2Cl)c1)c1ccccc1F. The molecule has 0 aromatic heterocycles. The number of carbonyl (C=O) groups is 1. The third-order valence-corrected chi connectivity index (χ3v) is 5.94. The van der Waals surface area contributed by atoms with Gasteiger partial charge in [0, 0.05) is 11.1 Å². The van der Waals surface area contributed by atoms with Crippen molar-refractivity contribution in [3.05, 3.63) is 94.8 Å². The summed E-state index contributed by atoms with van der Waals surface area (Å²) in [5.41, 5.74) is 0.706. The van der Waals surface area contributed by atoms with Gasteiger partial charge in [-0.2, -0.15) is 0 Å². The fourth-order valence-corrected chi connectivity index (χ4v) is 4.10. The van der Waals surface area contributed by atoms with E-state index in [9.17, 15) is 17.6 Å². The van der Waals surface area contributed by atoms with Crippen LogP contribution in [0.5, 0.6) is 0 Å². The summed E-state index contributed by atoms with van der Waals surface area (Å²) in [6.45, 7) is 1.65. The minimum atomic E-state index is -3.95. The Kier molecular flexibility index (Phi) is 6.20. The fourth-order valence-electron chi connectivity index (χ4n) is 2.74. The second-order valence-electron chi connectivity index (χ2n) is 6.33. The average molecular weight is 433 g/mol. The van der Waals surface area contributed by atoms with Crippen LogP contribution in [0.3, 0.4) is 0 Å². The van der Waals surface area contributed by atoms with Crippen molar-refractivity contribution in [2.75, 3.05) is 4.72 Å². The minimum Gasteiger partial charge on any atom is -0.345 e. The summed E-state index contributed by atoms with van der Waals surface area (Å²) in [7, 11) is -3.95. The average Bonchev–Trinajstić information content (AvgIpc) is 2.70. The van der Waals surface area contributed by atoms with Crippen LogP contribution in [0.2, 0.25) is 5.02 Å². The maximum atomic E-state index is 13.9. The van der Waals surface area contributed by atoms with Gasteiger partial charge in [-0.25, -0.2) is 12.8 Å². The molecule has 3 aromatic carbocycles. The van der Waals surface area contributed by atoms with Crippen molar-refractivity contribution in [3.63, 3.8) is 0 Å². The Bertz CT molecular complexity index is 1150. The number of amides is 1. The van der Waals surface area contributed by atoms with Crippen LogP contribution in [0.25, 0.3) is 0 Å². The first-order chi connectivity index (χ1) is 13.8. The number of sulfonamides is 1. The molecule has 2 N–H and O–H groups in total. The predicted molar refractivity (Wildman–Crippen MR) is 111 cm³/mol. The minimum absolute atomic E-state index is 0.0939. The van der Waals surface area contributed by atoms with Crippen molar-refractivity contribution in [2.45, 2.75) is 17.9 Å². The Morgan fingerprint density at radius 3 is 2.41 bits per heavy atom. The van der Waals surface area contributed by atoms with Crippen LogP contribution in [0.15, 0.2) is 77.7 Å². The van der Waals surface area contributed by atoms with E-state index in [2.05, 4.69) is 10.0 Å². The summed E-state index contributed by atoms with van der Waals surface area (Å²) < 4.78 is 41.6. The van der Waals surface area contributed by atoms with Crippen LogP contribution >= 0.6 is 11.6 Å². The molecule has 0 aliphatic rings. The molecule has 0 bridgehead atoms. The molecular weight excluding hydrogens is 415 g/mol. The van der Waals surface area contributed by atoms with Crippen LogP contribution < -0.4 is 10.0 Å². The molecule has 5 nitrogen and oxygen atoms in total. The Labute approximate surface area is 173 Å². The van der Waals surface area contributed by atoms with Crippen molar-refractivity contribution in [1.29, 1.82) is 0 Å². The lowest BCUT2D eigenvalue weighted by Crippen LogP contribution is -2.27. The maximum absolute atomic E-state index is 13.9. The highest BCUT2D eigenvalue weighted by Gasteiger charge is 2.19. The first-order valence-corrected chi connectivity index (χ1v) is 10.6. The number of nitrogens with one attached hydrogen (secondary N) is 2. The largest absolute Gasteiger partial charge is 0.345 e. The van der Waals surface area contributed by atoms with Crippen LogP contribution in [0, 0.1) is 5.82 Å². The molecule has 3 aromatic rings. The van der Waals surface area contributed by atoms with Crippen LogP contribution in [0.1, 0.15) is 28.9 Å². The molecule has 0 aliphatic carbocycles. The molecule has 0 aliphatic heterocycles. The summed E-state index contributed by atoms with van der Waals surface area (Å²) in [6, 6.07) is 17.5. The lowest BCUT2D eigenvalue weighted by Gasteiger charge is -2.15. The second kappa shape index (κ2) is 8.63. The highest BCUT2D eigenvalue weighted by atomic mass is 35.5. The molecule has 8 heteroatoms. The van der Waals surface area contributed by atoms with Crippen molar-refractivity contribution in [2.24, 2.45) is 0 Å². The summed E-state index contributed by atoms with van der Waals surface area (Å²) in [5, 5.41) is 2.93. The molecule has 1 atom stereocenters. The normalized spacial score (nSPS) is 12.2. The standard InChI is InChI=1S/C21H18ClFN2O3S/c1-14(17-9-2-4-11-19(17)23)24-21(26)15-7-6-8-16(13-15)29(27,28)25-20-12-5-3-10-18(20)22/h2-14,25H,1H3,(H,24,26). The Morgan fingerprint density at radius 2 is 1.69 bits per heavy atom. The third-order valence-electron chi connectivity index (χ3n) is 4.24. The van der Waals surface area contributed by atoms with Gasteiger partial charge in [-0.15, -0.1) is 0 Å². The molecular formula is C21H18ClFN2O3S. The van der Waals surface area contributed by atoms with Crippen molar-refractivity contribution >= 4 is 33.2 Å². The summed E-state index contributed by atoms with van der Waals surface area (Å²) in [5.74, 6) is -0.948. The van der Waals surface area contributed by atoms with Gasteiger partial charge in [0.25, 0.3) is 15.9 Å². The quantitative estimate of drug-likeness (QED) is 0.589. The zero-order valence-corrected chi connectivity index (χ0v) is 17.0. The first-order valence-electron chi connectivity index (χ1n) is 8.70. The molecule has 0 spiro atoms. The van der Waals surface area contributed by atoms with Gasteiger partial charge >= 0.3 is 0 Å². The highest BCUT2D eigenvalue weighted by Crippen LogP contribution is 2.24. The van der Waals surface area contributed by atoms with Crippen molar-refractivity contribution in [1.82, 2.24) is 5.32 Å². The van der Waals surface area contributed by atoms with E-state index in [0.29, 0.717) is 5.56 Å². The maximum Gasteiger partial charge on any atom is 0.261 e. The van der Waals surface area contributed by atoms with E-state index < -0.39 is 27.8 Å². The van der Waals surface area contributed by atoms with E-state index in [4.69, 9.17) is 11.6 Å². The Balaban J connectivity index is 1.81. The number of rotatable bonds is 6. The van der Waals surface area contributed by atoms with Gasteiger partial charge in [0.05, 0.1) is 21.6 Å². The van der Waals surface area contributed by atoms with Crippen LogP contribution in [-0.4, -0.2) is 14.3 Å². The van der Waals surface area contributed by atoms with E-state index in [-0.39, 0.29) is 21.2 Å². The van der Waals surface area contributed by atoms with Crippen molar-refractivity contribution < 1.29 is 17.6 Å². The molecule has 0 heterocycles. The molecule has 0 saturated heterocycles. The molecule has 0 saturated carbocycles. The number of para-hydroxylation sites is 1. The molecule has 150 valence electrons. The number of anilines is 1. The number of benzene rings is 3. The number of carbonyl (C=O) groups excluding carboxylic acids is 1. The number of halogens is 2. The number of hydrogen-bond acceptors (Lipinski definition) is 3. The van der Waals surface area contributed by atoms with E-state index >= 15 is 0 Å². The zero-order chi connectivity index (χ0) is 21.0. The zero-order valence-electron chi connectivity index (χ0n) is 15.4. The lowest BCUT2D eigenvalue weighted by atomic mass is 10.1. The molecule has 0 radical (unpaired) electrons. The topological polar surface area (TPSA) is 75.3 Å². The summed E-state index contributed by atoms with van der Waals surface area (Å²) in [6.07, 6.45) is 0. The van der Waals surface area contributed by atoms with Gasteiger partial charge in [-0.1, -0.05) is 48.0 Å². The Hall–Kier alpha value is -2.90. The van der Waals surface area contributed by atoms with Gasteiger partial charge in [-0.3, -0.25) is 9.52 Å². The van der Waals surface area contributed by atoms with Crippen LogP contribution in [-0.2, 0) is 10.0 Å². The van der Waals surface area contributed by atoms with Crippen molar-refractivity contribution in [3.8, 4) is 0 Å². The summed E-state index contributed by atoms with van der Waals surface area (Å²) >= 11 is 6.01. The van der Waals surface area contributed by atoms with Gasteiger partial charge < -0.3 is 5.32 Å². The van der Waals surface area contributed by atoms with Gasteiger partial charge in [-0.05, 0) is 43.3 Å². The molecule has 0 fully saturated rings. The van der Waals surface area contributed by atoms with Gasteiger partial charge in [0.15, 0.2) is 0 Å². The Morgan fingerprint density at radius 1 is 1.00 bits per heavy atom. The summed E-state index contributed by atoms with van der Waals surface area (Å²) in [4.78, 5) is 12.5. The molecule has 1 unspecified atom stereocenters. The van der Waals surface area contributed by atoms with Gasteiger partial charge in [0.1, 0.15) is 5.82 Å².